The second kappa shape index (κ2) is 10.1. The van der Waals surface area contributed by atoms with Gasteiger partial charge in [-0.15, -0.1) is 0 Å². The Hall–Kier alpha value is -2.04. The molecule has 0 amide bonds. The van der Waals surface area contributed by atoms with Crippen molar-refractivity contribution in [1.29, 1.82) is 0 Å². The first-order chi connectivity index (χ1) is 14.0. The molecule has 1 aliphatic rings. The van der Waals surface area contributed by atoms with Crippen LogP contribution in [0.5, 0.6) is 11.5 Å². The summed E-state index contributed by atoms with van der Waals surface area (Å²) in [5.41, 5.74) is 1.68. The third-order valence-electron chi connectivity index (χ3n) is 5.90. The van der Waals surface area contributed by atoms with Gasteiger partial charge in [0.25, 0.3) is 0 Å². The average molecular weight is 417 g/mol. The second-order valence-electron chi connectivity index (χ2n) is 7.73. The lowest BCUT2D eigenvalue weighted by Gasteiger charge is -2.31. The lowest BCUT2D eigenvalue weighted by molar-refractivity contribution is -0.132. The number of aromatic hydroxyl groups is 1. The predicted molar refractivity (Wildman–Crippen MR) is 115 cm³/mol. The first-order valence-electron chi connectivity index (χ1n) is 10.2. The number of hydrogen-bond donors (Lipinski definition) is 1. The van der Waals surface area contributed by atoms with Crippen LogP contribution in [0.2, 0.25) is 5.02 Å². The fraction of sp³-hybridized carbons (Fsp3) is 0.458. The third-order valence-corrected chi connectivity index (χ3v) is 6.14. The van der Waals surface area contributed by atoms with Gasteiger partial charge in [-0.25, -0.2) is 0 Å². The summed E-state index contributed by atoms with van der Waals surface area (Å²) in [6.45, 7) is 0. The molecule has 2 aromatic carbocycles. The van der Waals surface area contributed by atoms with E-state index in [0.29, 0.717) is 17.2 Å². The van der Waals surface area contributed by atoms with Crippen molar-refractivity contribution in [2.75, 3.05) is 14.2 Å². The van der Waals surface area contributed by atoms with Gasteiger partial charge in [-0.05, 0) is 48.6 Å². The van der Waals surface area contributed by atoms with Crippen LogP contribution in [0.1, 0.15) is 49.3 Å². The van der Waals surface area contributed by atoms with Gasteiger partial charge < -0.3 is 14.6 Å². The number of rotatable bonds is 6. The van der Waals surface area contributed by atoms with Crippen molar-refractivity contribution in [1.82, 2.24) is 0 Å². The van der Waals surface area contributed by atoms with Gasteiger partial charge >= 0.3 is 0 Å². The van der Waals surface area contributed by atoms with E-state index >= 15 is 0 Å². The smallest absolute Gasteiger partial charge is 0.160 e. The van der Waals surface area contributed by atoms with Crippen LogP contribution in [0.15, 0.2) is 42.5 Å². The Morgan fingerprint density at radius 3 is 2.59 bits per heavy atom. The summed E-state index contributed by atoms with van der Waals surface area (Å²) in [4.78, 5) is 13.6. The number of halogens is 1. The van der Waals surface area contributed by atoms with E-state index < -0.39 is 0 Å². The number of para-hydroxylation sites is 1. The molecule has 29 heavy (non-hydrogen) atoms. The summed E-state index contributed by atoms with van der Waals surface area (Å²) in [5, 5.41) is 11.1. The molecule has 0 spiro atoms. The van der Waals surface area contributed by atoms with E-state index in [9.17, 15) is 9.90 Å². The van der Waals surface area contributed by atoms with Crippen LogP contribution in [0.25, 0.3) is 0 Å². The summed E-state index contributed by atoms with van der Waals surface area (Å²) in [6.07, 6.45) is 4.92. The Kier molecular flexibility index (Phi) is 7.57. The van der Waals surface area contributed by atoms with Crippen LogP contribution < -0.4 is 4.74 Å². The van der Waals surface area contributed by atoms with Gasteiger partial charge in [0.1, 0.15) is 5.78 Å². The molecule has 1 aliphatic carbocycles. The molecule has 3 rings (SSSR count). The number of phenols is 1. The lowest BCUT2D eigenvalue weighted by atomic mass is 9.76. The number of phenolic OH excluding ortho intramolecular Hbond substituents is 1. The fourth-order valence-corrected chi connectivity index (χ4v) is 4.60. The maximum absolute atomic E-state index is 13.6. The van der Waals surface area contributed by atoms with Gasteiger partial charge in [-0.2, -0.15) is 0 Å². The van der Waals surface area contributed by atoms with Crippen LogP contribution in [0.4, 0.5) is 0 Å². The van der Waals surface area contributed by atoms with Gasteiger partial charge in [-0.1, -0.05) is 55.1 Å². The van der Waals surface area contributed by atoms with Crippen LogP contribution in [0, 0.1) is 11.8 Å². The molecule has 0 saturated heterocycles. The minimum Gasteiger partial charge on any atom is -0.504 e. The molecular weight excluding hydrogens is 388 g/mol. The van der Waals surface area contributed by atoms with Crippen LogP contribution >= 0.6 is 11.6 Å². The predicted octanol–water partition coefficient (Wildman–Crippen LogP) is 5.75. The maximum Gasteiger partial charge on any atom is 0.160 e. The fourth-order valence-electron chi connectivity index (χ4n) is 4.40. The highest BCUT2D eigenvalue weighted by Crippen LogP contribution is 2.38. The van der Waals surface area contributed by atoms with Gasteiger partial charge in [0, 0.05) is 24.0 Å². The molecule has 1 saturated carbocycles. The molecule has 5 heteroatoms. The molecule has 0 heterocycles. The average Bonchev–Trinajstić information content (AvgIpc) is 2.71. The third kappa shape index (κ3) is 5.12. The monoisotopic (exact) mass is 416 g/mol. The highest BCUT2D eigenvalue weighted by Gasteiger charge is 2.35. The van der Waals surface area contributed by atoms with E-state index in [0.717, 1.165) is 43.2 Å². The Morgan fingerprint density at radius 1 is 1.10 bits per heavy atom. The normalized spacial score (nSPS) is 21.3. The van der Waals surface area contributed by atoms with E-state index in [1.807, 2.05) is 36.4 Å². The molecule has 1 fully saturated rings. The number of methoxy groups -OCH3 is 2. The van der Waals surface area contributed by atoms with Crippen molar-refractivity contribution in [2.24, 2.45) is 11.8 Å². The number of ether oxygens (including phenoxy) is 2. The van der Waals surface area contributed by atoms with Crippen molar-refractivity contribution in [3.8, 4) is 11.5 Å². The number of hydrogen-bond acceptors (Lipinski definition) is 4. The van der Waals surface area contributed by atoms with Crippen molar-refractivity contribution in [3.63, 3.8) is 0 Å². The number of benzene rings is 2. The standard InChI is InChI=1S/C24H29ClO4/c1-28-21-13-7-9-17(23(21)27)14-16-8-4-3-5-12-20(22(16)26)24(29-2)18-10-6-11-19(25)15-18/h6-7,9-11,13,15-16,20,24,27H,3-5,8,12,14H2,1-2H3. The molecule has 1 N–H and O–H groups in total. The summed E-state index contributed by atoms with van der Waals surface area (Å²) in [7, 11) is 3.19. The molecule has 156 valence electrons. The number of Topliss-reactive ketones (excluding diaryl/α,β-unsaturated/α-hetero) is 1. The lowest BCUT2D eigenvalue weighted by Crippen LogP contribution is -2.32. The number of ketones is 1. The first kappa shape index (κ1) is 21.7. The van der Waals surface area contributed by atoms with E-state index in [-0.39, 0.29) is 29.5 Å². The largest absolute Gasteiger partial charge is 0.504 e. The van der Waals surface area contributed by atoms with E-state index in [4.69, 9.17) is 21.1 Å². The van der Waals surface area contributed by atoms with Crippen LogP contribution in [-0.2, 0) is 16.0 Å². The molecule has 0 radical (unpaired) electrons. The van der Waals surface area contributed by atoms with Crippen molar-refractivity contribution in [2.45, 2.75) is 44.6 Å². The highest BCUT2D eigenvalue weighted by molar-refractivity contribution is 6.30. The van der Waals surface area contributed by atoms with Crippen molar-refractivity contribution >= 4 is 17.4 Å². The Labute approximate surface area is 177 Å². The van der Waals surface area contributed by atoms with Gasteiger partial charge in [0.05, 0.1) is 13.2 Å². The summed E-state index contributed by atoms with van der Waals surface area (Å²) < 4.78 is 11.0. The summed E-state index contributed by atoms with van der Waals surface area (Å²) in [6, 6.07) is 13.0. The molecular formula is C24H29ClO4. The molecule has 0 aromatic heterocycles. The zero-order chi connectivity index (χ0) is 20.8. The quantitative estimate of drug-likeness (QED) is 0.651. The number of carbonyl (C=O) groups excluding carboxylic acids is 1. The molecule has 4 nitrogen and oxygen atoms in total. The molecule has 0 aliphatic heterocycles. The Morgan fingerprint density at radius 2 is 1.86 bits per heavy atom. The van der Waals surface area contributed by atoms with Gasteiger partial charge in [-0.3, -0.25) is 4.79 Å². The minimum atomic E-state index is -0.319. The maximum atomic E-state index is 13.6. The first-order valence-corrected chi connectivity index (χ1v) is 10.6. The minimum absolute atomic E-state index is 0.125. The van der Waals surface area contributed by atoms with E-state index in [1.165, 1.54) is 7.11 Å². The van der Waals surface area contributed by atoms with Gasteiger partial charge in [0.2, 0.25) is 0 Å². The van der Waals surface area contributed by atoms with Crippen molar-refractivity contribution in [3.05, 3.63) is 58.6 Å². The molecule has 3 atom stereocenters. The topological polar surface area (TPSA) is 55.8 Å². The zero-order valence-corrected chi connectivity index (χ0v) is 17.8. The Balaban J connectivity index is 1.87. The van der Waals surface area contributed by atoms with Crippen LogP contribution in [-0.4, -0.2) is 25.1 Å². The highest BCUT2D eigenvalue weighted by atomic mass is 35.5. The second-order valence-corrected chi connectivity index (χ2v) is 8.16. The SMILES string of the molecule is COc1cccc(CC2CCCCCC(C(OC)c3cccc(Cl)c3)C2=O)c1O. The van der Waals surface area contributed by atoms with Crippen LogP contribution in [0.3, 0.4) is 0 Å². The summed E-state index contributed by atoms with van der Waals surface area (Å²) >= 11 is 6.18. The summed E-state index contributed by atoms with van der Waals surface area (Å²) in [5.74, 6) is 0.385. The van der Waals surface area contributed by atoms with Crippen molar-refractivity contribution < 1.29 is 19.4 Å². The molecule has 3 unspecified atom stereocenters. The Bertz CT molecular complexity index is 835. The zero-order valence-electron chi connectivity index (χ0n) is 17.1. The van der Waals surface area contributed by atoms with E-state index in [1.54, 1.807) is 13.2 Å². The van der Waals surface area contributed by atoms with Gasteiger partial charge in [0.15, 0.2) is 11.5 Å². The molecule has 2 aromatic rings. The van der Waals surface area contributed by atoms with E-state index in [2.05, 4.69) is 0 Å². The number of carbonyl (C=O) groups is 1. The molecule has 0 bridgehead atoms.